The Morgan fingerprint density at radius 3 is 2.74 bits per heavy atom. The Morgan fingerprint density at radius 2 is 2.16 bits per heavy atom. The maximum absolute atomic E-state index is 12.1. The zero-order chi connectivity index (χ0) is 13.7. The summed E-state index contributed by atoms with van der Waals surface area (Å²) in [7, 11) is 0. The fourth-order valence-electron chi connectivity index (χ4n) is 2.21. The normalized spacial score (nSPS) is 15.3. The second-order valence-electron chi connectivity index (χ2n) is 4.81. The molecule has 0 bridgehead atoms. The molecule has 1 saturated carbocycles. The highest BCUT2D eigenvalue weighted by Gasteiger charge is 2.26. The summed E-state index contributed by atoms with van der Waals surface area (Å²) in [4.78, 5) is 14.1. The number of amides is 1. The third kappa shape index (κ3) is 4.15. The van der Waals surface area contributed by atoms with Gasteiger partial charge in [0.25, 0.3) is 0 Å². The molecule has 0 unspecified atom stereocenters. The Bertz CT molecular complexity index is 435. The van der Waals surface area contributed by atoms with Crippen molar-refractivity contribution in [1.82, 2.24) is 4.90 Å². The minimum Gasteiger partial charge on any atom is -0.395 e. The topological polar surface area (TPSA) is 52.6 Å². The Hall–Kier alpha value is -0.660. The summed E-state index contributed by atoms with van der Waals surface area (Å²) in [6.07, 6.45) is 3.50. The number of hydrogen-bond donors (Lipinski definition) is 2. The zero-order valence-corrected chi connectivity index (χ0v) is 13.0. The molecule has 0 atom stereocenters. The van der Waals surface area contributed by atoms with Crippen LogP contribution in [-0.4, -0.2) is 41.7 Å². The molecule has 1 amide bonds. The van der Waals surface area contributed by atoms with E-state index in [1.54, 1.807) is 0 Å². The van der Waals surface area contributed by atoms with Crippen LogP contribution in [0.5, 0.6) is 0 Å². The van der Waals surface area contributed by atoms with Gasteiger partial charge >= 0.3 is 0 Å². The van der Waals surface area contributed by atoms with Gasteiger partial charge in [0.2, 0.25) is 5.91 Å². The van der Waals surface area contributed by atoms with Gasteiger partial charge in [-0.05, 0) is 47.6 Å². The molecule has 0 saturated heterocycles. The zero-order valence-electron chi connectivity index (χ0n) is 10.8. The molecule has 1 aromatic carbocycles. The van der Waals surface area contributed by atoms with E-state index >= 15 is 0 Å². The molecule has 0 spiro atoms. The van der Waals surface area contributed by atoms with Crippen molar-refractivity contribution in [1.29, 1.82) is 0 Å². The predicted molar refractivity (Wildman–Crippen MR) is 84.1 cm³/mol. The molecule has 2 rings (SSSR count). The van der Waals surface area contributed by atoms with Gasteiger partial charge in [-0.3, -0.25) is 9.69 Å². The summed E-state index contributed by atoms with van der Waals surface area (Å²) in [5, 5.41) is 12.0. The summed E-state index contributed by atoms with van der Waals surface area (Å²) in [6, 6.07) is 8.19. The number of aliphatic hydroxyl groups is 1. The number of halogens is 1. The number of nitrogens with zero attached hydrogens (tertiary/aromatic N) is 1. The second kappa shape index (κ2) is 7.21. The van der Waals surface area contributed by atoms with Gasteiger partial charge < -0.3 is 10.4 Å². The summed E-state index contributed by atoms with van der Waals surface area (Å²) < 4.78 is 1.03. The van der Waals surface area contributed by atoms with Gasteiger partial charge in [-0.15, -0.1) is 0 Å². The first kappa shape index (κ1) is 14.7. The molecule has 104 valence electrons. The van der Waals surface area contributed by atoms with Crippen LogP contribution in [0.1, 0.15) is 19.3 Å². The lowest BCUT2D eigenvalue weighted by Crippen LogP contribution is -2.45. The molecule has 0 aliphatic heterocycles. The Kier molecular flexibility index (Phi) is 5.59. The summed E-state index contributed by atoms with van der Waals surface area (Å²) in [6.45, 7) is 1.03. The number of carbonyl (C=O) groups is 1. The number of para-hydroxylation sites is 1. The number of hydrogen-bond acceptors (Lipinski definition) is 3. The maximum atomic E-state index is 12.1. The average Bonchev–Trinajstić information content (AvgIpc) is 2.30. The molecule has 0 radical (unpaired) electrons. The third-order valence-electron chi connectivity index (χ3n) is 3.47. The van der Waals surface area contributed by atoms with E-state index in [0.29, 0.717) is 19.1 Å². The molecule has 1 aliphatic carbocycles. The van der Waals surface area contributed by atoms with E-state index in [0.717, 1.165) is 22.1 Å². The monoisotopic (exact) mass is 374 g/mol. The van der Waals surface area contributed by atoms with Gasteiger partial charge in [-0.25, -0.2) is 0 Å². The second-order valence-corrected chi connectivity index (χ2v) is 5.97. The Balaban J connectivity index is 1.90. The first-order chi connectivity index (χ1) is 9.20. The van der Waals surface area contributed by atoms with Crippen LogP contribution < -0.4 is 5.32 Å². The van der Waals surface area contributed by atoms with Crippen molar-refractivity contribution in [3.63, 3.8) is 0 Å². The first-order valence-electron chi connectivity index (χ1n) is 6.60. The lowest BCUT2D eigenvalue weighted by molar-refractivity contribution is -0.118. The molecule has 19 heavy (non-hydrogen) atoms. The number of nitrogens with one attached hydrogen (secondary N) is 1. The van der Waals surface area contributed by atoms with Crippen LogP contribution >= 0.6 is 22.6 Å². The van der Waals surface area contributed by atoms with Crippen LogP contribution in [0, 0.1) is 3.57 Å². The SMILES string of the molecule is O=C(CN(CCO)C1CCC1)Nc1ccccc1I. The fourth-order valence-corrected chi connectivity index (χ4v) is 2.73. The van der Waals surface area contributed by atoms with Gasteiger partial charge in [-0.1, -0.05) is 18.6 Å². The van der Waals surface area contributed by atoms with Crippen molar-refractivity contribution in [3.8, 4) is 0 Å². The third-order valence-corrected chi connectivity index (χ3v) is 4.41. The summed E-state index contributed by atoms with van der Waals surface area (Å²) in [5.74, 6) is -0.00975. The molecular weight excluding hydrogens is 355 g/mol. The van der Waals surface area contributed by atoms with E-state index in [2.05, 4.69) is 32.8 Å². The Labute approximate surface area is 127 Å². The molecule has 5 heteroatoms. The van der Waals surface area contributed by atoms with Crippen molar-refractivity contribution >= 4 is 34.2 Å². The first-order valence-corrected chi connectivity index (χ1v) is 7.68. The average molecular weight is 374 g/mol. The summed E-state index contributed by atoms with van der Waals surface area (Å²) in [5.41, 5.74) is 0.852. The summed E-state index contributed by atoms with van der Waals surface area (Å²) >= 11 is 2.21. The van der Waals surface area contributed by atoms with Crippen LogP contribution in [0.25, 0.3) is 0 Å². The molecule has 2 N–H and O–H groups in total. The van der Waals surface area contributed by atoms with Gasteiger partial charge in [0.1, 0.15) is 0 Å². The van der Waals surface area contributed by atoms with E-state index in [1.165, 1.54) is 6.42 Å². The Morgan fingerprint density at radius 1 is 1.42 bits per heavy atom. The molecule has 0 aromatic heterocycles. The van der Waals surface area contributed by atoms with E-state index in [9.17, 15) is 4.79 Å². The number of benzene rings is 1. The van der Waals surface area contributed by atoms with Crippen molar-refractivity contribution in [3.05, 3.63) is 27.8 Å². The molecule has 0 heterocycles. The number of carbonyl (C=O) groups excluding carboxylic acids is 1. The molecule has 1 fully saturated rings. The standard InChI is InChI=1S/C14H19IN2O2/c15-12-6-1-2-7-13(12)16-14(19)10-17(8-9-18)11-4-3-5-11/h1-2,6-7,11,18H,3-5,8-10H2,(H,16,19). The number of aliphatic hydroxyl groups excluding tert-OH is 1. The van der Waals surface area contributed by atoms with Crippen molar-refractivity contribution in [2.24, 2.45) is 0 Å². The van der Waals surface area contributed by atoms with E-state index < -0.39 is 0 Å². The maximum Gasteiger partial charge on any atom is 0.238 e. The van der Waals surface area contributed by atoms with Gasteiger partial charge in [-0.2, -0.15) is 0 Å². The minimum absolute atomic E-state index is 0.00975. The van der Waals surface area contributed by atoms with Crippen LogP contribution in [0.15, 0.2) is 24.3 Å². The molecule has 1 aromatic rings. The highest BCUT2D eigenvalue weighted by molar-refractivity contribution is 14.1. The number of rotatable bonds is 6. The lowest BCUT2D eigenvalue weighted by atomic mass is 9.91. The largest absolute Gasteiger partial charge is 0.395 e. The van der Waals surface area contributed by atoms with Crippen LogP contribution in [0.4, 0.5) is 5.69 Å². The molecular formula is C14H19IN2O2. The van der Waals surface area contributed by atoms with E-state index in [1.807, 2.05) is 24.3 Å². The van der Waals surface area contributed by atoms with E-state index in [4.69, 9.17) is 5.11 Å². The van der Waals surface area contributed by atoms with Crippen LogP contribution in [0.2, 0.25) is 0 Å². The minimum atomic E-state index is -0.00975. The van der Waals surface area contributed by atoms with Crippen molar-refractivity contribution < 1.29 is 9.90 Å². The van der Waals surface area contributed by atoms with Crippen molar-refractivity contribution in [2.75, 3.05) is 25.0 Å². The smallest absolute Gasteiger partial charge is 0.238 e. The van der Waals surface area contributed by atoms with Gasteiger partial charge in [0, 0.05) is 16.2 Å². The van der Waals surface area contributed by atoms with Gasteiger partial charge in [0.05, 0.1) is 18.8 Å². The number of anilines is 1. The predicted octanol–water partition coefficient (Wildman–Crippen LogP) is 2.08. The molecule has 4 nitrogen and oxygen atoms in total. The van der Waals surface area contributed by atoms with Crippen LogP contribution in [0.3, 0.4) is 0 Å². The van der Waals surface area contributed by atoms with E-state index in [-0.39, 0.29) is 12.5 Å². The fraction of sp³-hybridized carbons (Fsp3) is 0.500. The van der Waals surface area contributed by atoms with Gasteiger partial charge in [0.15, 0.2) is 0 Å². The van der Waals surface area contributed by atoms with Crippen molar-refractivity contribution in [2.45, 2.75) is 25.3 Å². The quantitative estimate of drug-likeness (QED) is 0.750. The van der Waals surface area contributed by atoms with Crippen LogP contribution in [-0.2, 0) is 4.79 Å². The lowest BCUT2D eigenvalue weighted by Gasteiger charge is -2.36. The highest BCUT2D eigenvalue weighted by Crippen LogP contribution is 2.24. The molecule has 1 aliphatic rings. The highest BCUT2D eigenvalue weighted by atomic mass is 127.